The Kier molecular flexibility index (Phi) is 5.99. The lowest BCUT2D eigenvalue weighted by Crippen LogP contribution is -2.43. The van der Waals surface area contributed by atoms with Crippen LogP contribution in [0.4, 0.5) is 0 Å². The average molecular weight is 275 g/mol. The zero-order valence-electron chi connectivity index (χ0n) is 13.2. The second-order valence-electron chi connectivity index (χ2n) is 6.30. The van der Waals surface area contributed by atoms with Gasteiger partial charge in [0.25, 0.3) is 0 Å². The summed E-state index contributed by atoms with van der Waals surface area (Å²) >= 11 is 0. The van der Waals surface area contributed by atoms with E-state index in [0.29, 0.717) is 6.04 Å². The number of pyridine rings is 1. The van der Waals surface area contributed by atoms with Gasteiger partial charge < -0.3 is 10.2 Å². The fourth-order valence-corrected chi connectivity index (χ4v) is 3.58. The molecule has 0 aliphatic heterocycles. The Bertz CT molecular complexity index is 379. The average Bonchev–Trinajstić information content (AvgIpc) is 2.48. The van der Waals surface area contributed by atoms with E-state index in [2.05, 4.69) is 42.3 Å². The standard InChI is InChI=1S/C17H29N3/c1-4-14-7-8-17(18-2)16(10-14)13-20(3)12-15-6-5-9-19-11-15/h5-6,9,11,14,16-18H,4,7-8,10,12-13H2,1-3H3. The highest BCUT2D eigenvalue weighted by Gasteiger charge is 2.29. The molecule has 1 fully saturated rings. The van der Waals surface area contributed by atoms with Crippen molar-refractivity contribution in [3.63, 3.8) is 0 Å². The van der Waals surface area contributed by atoms with Crippen LogP contribution in [-0.4, -0.2) is 36.6 Å². The van der Waals surface area contributed by atoms with E-state index in [1.54, 1.807) is 0 Å². The molecule has 1 N–H and O–H groups in total. The summed E-state index contributed by atoms with van der Waals surface area (Å²) in [6.07, 6.45) is 9.25. The highest BCUT2D eigenvalue weighted by atomic mass is 15.1. The van der Waals surface area contributed by atoms with Crippen LogP contribution < -0.4 is 5.32 Å². The quantitative estimate of drug-likeness (QED) is 0.865. The Morgan fingerprint density at radius 3 is 2.90 bits per heavy atom. The van der Waals surface area contributed by atoms with Crippen LogP contribution >= 0.6 is 0 Å². The molecule has 2 rings (SSSR count). The summed E-state index contributed by atoms with van der Waals surface area (Å²) in [5.74, 6) is 1.71. The maximum absolute atomic E-state index is 4.20. The first-order valence-electron chi connectivity index (χ1n) is 7.97. The second-order valence-corrected chi connectivity index (χ2v) is 6.30. The van der Waals surface area contributed by atoms with Crippen molar-refractivity contribution in [1.82, 2.24) is 15.2 Å². The Hall–Kier alpha value is -0.930. The fourth-order valence-electron chi connectivity index (χ4n) is 3.58. The highest BCUT2D eigenvalue weighted by Crippen LogP contribution is 2.31. The van der Waals surface area contributed by atoms with Crippen molar-refractivity contribution in [2.24, 2.45) is 11.8 Å². The van der Waals surface area contributed by atoms with Gasteiger partial charge in [-0.05, 0) is 56.8 Å². The van der Waals surface area contributed by atoms with E-state index in [0.717, 1.165) is 18.4 Å². The Balaban J connectivity index is 1.89. The van der Waals surface area contributed by atoms with Crippen LogP contribution in [0.1, 0.15) is 38.2 Å². The summed E-state index contributed by atoms with van der Waals surface area (Å²) in [6.45, 7) is 4.51. The van der Waals surface area contributed by atoms with Crippen molar-refractivity contribution in [2.75, 3.05) is 20.6 Å². The molecule has 0 saturated heterocycles. The van der Waals surface area contributed by atoms with Gasteiger partial charge in [-0.15, -0.1) is 0 Å². The van der Waals surface area contributed by atoms with Gasteiger partial charge in [-0.3, -0.25) is 4.98 Å². The van der Waals surface area contributed by atoms with Crippen LogP contribution in [0.2, 0.25) is 0 Å². The van der Waals surface area contributed by atoms with Gasteiger partial charge in [0, 0.05) is 31.5 Å². The third-order valence-electron chi connectivity index (χ3n) is 4.76. The molecule has 1 aliphatic rings. The molecule has 3 nitrogen and oxygen atoms in total. The first-order chi connectivity index (χ1) is 9.72. The number of hydrogen-bond donors (Lipinski definition) is 1. The minimum absolute atomic E-state index is 0.689. The summed E-state index contributed by atoms with van der Waals surface area (Å²) in [5.41, 5.74) is 1.30. The molecule has 0 bridgehead atoms. The maximum atomic E-state index is 4.20. The molecule has 1 heterocycles. The van der Waals surface area contributed by atoms with Gasteiger partial charge in [0.2, 0.25) is 0 Å². The van der Waals surface area contributed by atoms with Crippen LogP contribution in [0.3, 0.4) is 0 Å². The summed E-state index contributed by atoms with van der Waals surface area (Å²) in [7, 11) is 4.35. The lowest BCUT2D eigenvalue weighted by molar-refractivity contribution is 0.153. The third-order valence-corrected chi connectivity index (χ3v) is 4.76. The Morgan fingerprint density at radius 1 is 1.40 bits per heavy atom. The van der Waals surface area contributed by atoms with E-state index in [-0.39, 0.29) is 0 Å². The zero-order chi connectivity index (χ0) is 14.4. The molecule has 20 heavy (non-hydrogen) atoms. The van der Waals surface area contributed by atoms with E-state index in [1.165, 1.54) is 37.8 Å². The lowest BCUT2D eigenvalue weighted by atomic mass is 9.76. The molecular formula is C17H29N3. The monoisotopic (exact) mass is 275 g/mol. The first kappa shape index (κ1) is 15.5. The van der Waals surface area contributed by atoms with Crippen LogP contribution in [0.5, 0.6) is 0 Å². The minimum atomic E-state index is 0.689. The lowest BCUT2D eigenvalue weighted by Gasteiger charge is -2.38. The van der Waals surface area contributed by atoms with Gasteiger partial charge in [-0.1, -0.05) is 19.4 Å². The molecule has 0 radical (unpaired) electrons. The minimum Gasteiger partial charge on any atom is -0.317 e. The first-order valence-corrected chi connectivity index (χ1v) is 7.97. The molecule has 0 aromatic carbocycles. The normalized spacial score (nSPS) is 26.9. The number of nitrogens with one attached hydrogen (secondary N) is 1. The SMILES string of the molecule is CCC1CCC(NC)C(CN(C)Cc2cccnc2)C1. The van der Waals surface area contributed by atoms with E-state index < -0.39 is 0 Å². The van der Waals surface area contributed by atoms with Gasteiger partial charge in [-0.2, -0.15) is 0 Å². The molecule has 1 aromatic rings. The summed E-state index contributed by atoms with van der Waals surface area (Å²) in [5, 5.41) is 3.53. The molecule has 1 saturated carbocycles. The second kappa shape index (κ2) is 7.75. The van der Waals surface area contributed by atoms with Gasteiger partial charge in [0.05, 0.1) is 0 Å². The summed E-state index contributed by atoms with van der Waals surface area (Å²) in [6, 6.07) is 4.87. The molecule has 3 unspecified atom stereocenters. The van der Waals surface area contributed by atoms with Crippen LogP contribution in [0.15, 0.2) is 24.5 Å². The number of nitrogens with zero attached hydrogens (tertiary/aromatic N) is 2. The Morgan fingerprint density at radius 2 is 2.25 bits per heavy atom. The molecule has 0 spiro atoms. The van der Waals surface area contributed by atoms with E-state index in [1.807, 2.05) is 18.5 Å². The van der Waals surface area contributed by atoms with Gasteiger partial charge >= 0.3 is 0 Å². The largest absolute Gasteiger partial charge is 0.317 e. The molecule has 0 amide bonds. The summed E-state index contributed by atoms with van der Waals surface area (Å²) in [4.78, 5) is 6.65. The maximum Gasteiger partial charge on any atom is 0.0312 e. The molecule has 112 valence electrons. The zero-order valence-corrected chi connectivity index (χ0v) is 13.2. The van der Waals surface area contributed by atoms with Gasteiger partial charge in [-0.25, -0.2) is 0 Å². The fraction of sp³-hybridized carbons (Fsp3) is 0.706. The summed E-state index contributed by atoms with van der Waals surface area (Å²) < 4.78 is 0. The Labute approximate surface area is 123 Å². The van der Waals surface area contributed by atoms with E-state index >= 15 is 0 Å². The topological polar surface area (TPSA) is 28.2 Å². The van der Waals surface area contributed by atoms with E-state index in [4.69, 9.17) is 0 Å². The molecule has 3 heteroatoms. The predicted octanol–water partition coefficient (Wildman–Crippen LogP) is 2.93. The van der Waals surface area contributed by atoms with Crippen molar-refractivity contribution in [3.05, 3.63) is 30.1 Å². The van der Waals surface area contributed by atoms with Crippen molar-refractivity contribution >= 4 is 0 Å². The van der Waals surface area contributed by atoms with Crippen LogP contribution in [0.25, 0.3) is 0 Å². The number of hydrogen-bond acceptors (Lipinski definition) is 3. The van der Waals surface area contributed by atoms with Crippen molar-refractivity contribution in [2.45, 2.75) is 45.2 Å². The highest BCUT2D eigenvalue weighted by molar-refractivity contribution is 5.08. The third kappa shape index (κ3) is 4.29. The number of rotatable bonds is 6. The van der Waals surface area contributed by atoms with Crippen molar-refractivity contribution in [1.29, 1.82) is 0 Å². The van der Waals surface area contributed by atoms with Gasteiger partial charge in [0.15, 0.2) is 0 Å². The molecule has 1 aliphatic carbocycles. The molecule has 3 atom stereocenters. The van der Waals surface area contributed by atoms with Crippen molar-refractivity contribution in [3.8, 4) is 0 Å². The van der Waals surface area contributed by atoms with Crippen LogP contribution in [-0.2, 0) is 6.54 Å². The van der Waals surface area contributed by atoms with Crippen LogP contribution in [0, 0.1) is 11.8 Å². The molecule has 1 aromatic heterocycles. The number of aromatic nitrogens is 1. The molecular weight excluding hydrogens is 246 g/mol. The van der Waals surface area contributed by atoms with Crippen molar-refractivity contribution < 1.29 is 0 Å². The smallest absolute Gasteiger partial charge is 0.0312 e. The van der Waals surface area contributed by atoms with E-state index in [9.17, 15) is 0 Å². The predicted molar refractivity (Wildman–Crippen MR) is 84.5 cm³/mol. The van der Waals surface area contributed by atoms with Gasteiger partial charge in [0.1, 0.15) is 0 Å².